The van der Waals surface area contributed by atoms with Gasteiger partial charge in [-0.1, -0.05) is 48.5 Å². The van der Waals surface area contributed by atoms with Crippen LogP contribution in [0.2, 0.25) is 0 Å². The lowest BCUT2D eigenvalue weighted by Gasteiger charge is -2.19. The van der Waals surface area contributed by atoms with E-state index in [9.17, 15) is 10.2 Å². The number of hydrogen-bond acceptors (Lipinski definition) is 4. The SMILES string of the molecule is Br.N#Cc1ccc(C(=C(c2ccccc2O)c2ccccc2O)n2ccnc2)cc1. The summed E-state index contributed by atoms with van der Waals surface area (Å²) >= 11 is 0. The Bertz CT molecular complexity index is 1180. The summed E-state index contributed by atoms with van der Waals surface area (Å²) < 4.78 is 1.83. The van der Waals surface area contributed by atoms with Crippen molar-refractivity contribution in [3.8, 4) is 17.6 Å². The Morgan fingerprint density at radius 1 is 0.833 bits per heavy atom. The molecule has 0 atom stereocenters. The summed E-state index contributed by atoms with van der Waals surface area (Å²) in [7, 11) is 0. The molecule has 2 N–H and O–H groups in total. The number of halogens is 1. The van der Waals surface area contributed by atoms with Crippen molar-refractivity contribution in [1.82, 2.24) is 9.55 Å². The van der Waals surface area contributed by atoms with Gasteiger partial charge in [-0.3, -0.25) is 0 Å². The normalized spacial score (nSPS) is 9.97. The van der Waals surface area contributed by atoms with Gasteiger partial charge in [0.15, 0.2) is 0 Å². The van der Waals surface area contributed by atoms with Crippen LogP contribution in [0, 0.1) is 11.3 Å². The van der Waals surface area contributed by atoms with Crippen LogP contribution in [-0.2, 0) is 0 Å². The van der Waals surface area contributed by atoms with Crippen LogP contribution in [0.4, 0.5) is 0 Å². The number of aromatic hydroxyl groups is 2. The smallest absolute Gasteiger partial charge is 0.123 e. The third-order valence-electron chi connectivity index (χ3n) is 4.63. The Morgan fingerprint density at radius 3 is 1.87 bits per heavy atom. The van der Waals surface area contributed by atoms with Crippen LogP contribution in [0.25, 0.3) is 11.3 Å². The zero-order valence-corrected chi connectivity index (χ0v) is 17.5. The average Bonchev–Trinajstić information content (AvgIpc) is 3.28. The number of nitrogens with zero attached hydrogens (tertiary/aromatic N) is 3. The number of rotatable bonds is 4. The van der Waals surface area contributed by atoms with Crippen molar-refractivity contribution >= 4 is 28.3 Å². The zero-order chi connectivity index (χ0) is 20.2. The van der Waals surface area contributed by atoms with Gasteiger partial charge < -0.3 is 14.8 Å². The van der Waals surface area contributed by atoms with Gasteiger partial charge in [-0.05, 0) is 29.8 Å². The quantitative estimate of drug-likeness (QED) is 0.410. The second-order valence-corrected chi connectivity index (χ2v) is 6.42. The van der Waals surface area contributed by atoms with Crippen molar-refractivity contribution in [3.05, 3.63) is 114 Å². The maximum absolute atomic E-state index is 10.6. The summed E-state index contributed by atoms with van der Waals surface area (Å²) in [5.41, 5.74) is 3.86. The summed E-state index contributed by atoms with van der Waals surface area (Å²) in [5, 5.41) is 30.4. The minimum atomic E-state index is 0. The van der Waals surface area contributed by atoms with Crippen LogP contribution in [0.5, 0.6) is 11.5 Å². The molecule has 6 heteroatoms. The van der Waals surface area contributed by atoms with E-state index < -0.39 is 0 Å². The Balaban J connectivity index is 0.00000256. The topological polar surface area (TPSA) is 82.1 Å². The van der Waals surface area contributed by atoms with E-state index in [1.165, 1.54) is 0 Å². The number of imidazole rings is 1. The van der Waals surface area contributed by atoms with Crippen LogP contribution in [-0.4, -0.2) is 19.8 Å². The Hall–Kier alpha value is -3.82. The molecule has 0 fully saturated rings. The number of para-hydroxylation sites is 2. The highest BCUT2D eigenvalue weighted by molar-refractivity contribution is 8.93. The molecule has 4 rings (SSSR count). The minimum absolute atomic E-state index is 0. The van der Waals surface area contributed by atoms with E-state index in [2.05, 4.69) is 11.1 Å². The first-order valence-electron chi connectivity index (χ1n) is 8.99. The van der Waals surface area contributed by atoms with Gasteiger partial charge in [-0.15, -0.1) is 17.0 Å². The van der Waals surface area contributed by atoms with Gasteiger partial charge in [0.25, 0.3) is 0 Å². The molecule has 0 aliphatic rings. The number of aromatic nitrogens is 2. The summed E-state index contributed by atoms with van der Waals surface area (Å²) in [6.45, 7) is 0. The molecule has 5 nitrogen and oxygen atoms in total. The number of benzene rings is 3. The molecule has 0 radical (unpaired) electrons. The predicted molar refractivity (Wildman–Crippen MR) is 121 cm³/mol. The molecule has 3 aromatic carbocycles. The van der Waals surface area contributed by atoms with Crippen molar-refractivity contribution in [1.29, 1.82) is 5.26 Å². The van der Waals surface area contributed by atoms with Gasteiger partial charge in [0, 0.05) is 29.1 Å². The molecule has 30 heavy (non-hydrogen) atoms. The standard InChI is InChI=1S/C24H17N3O2.BrH/c25-15-17-9-11-18(12-10-17)24(27-14-13-26-16-27)23(19-5-1-3-7-21(19)28)20-6-2-4-8-22(20)29;/h1-14,16,28-29H;1H. The third-order valence-corrected chi connectivity index (χ3v) is 4.63. The van der Waals surface area contributed by atoms with Gasteiger partial charge in [0.2, 0.25) is 0 Å². The van der Waals surface area contributed by atoms with E-state index in [-0.39, 0.29) is 28.5 Å². The van der Waals surface area contributed by atoms with Gasteiger partial charge in [0.1, 0.15) is 11.5 Å². The molecule has 1 aromatic heterocycles. The van der Waals surface area contributed by atoms with Crippen LogP contribution in [0.15, 0.2) is 91.5 Å². The van der Waals surface area contributed by atoms with Gasteiger partial charge in [-0.25, -0.2) is 4.98 Å². The maximum atomic E-state index is 10.6. The predicted octanol–water partition coefficient (Wildman–Crippen LogP) is 5.21. The monoisotopic (exact) mass is 459 g/mol. The highest BCUT2D eigenvalue weighted by Gasteiger charge is 2.20. The van der Waals surface area contributed by atoms with E-state index in [0.29, 0.717) is 22.3 Å². The molecule has 0 aliphatic carbocycles. The fourth-order valence-corrected chi connectivity index (χ4v) is 3.29. The highest BCUT2D eigenvalue weighted by Crippen LogP contribution is 2.40. The molecule has 4 aromatic rings. The number of phenols is 2. The van der Waals surface area contributed by atoms with Gasteiger partial charge in [0.05, 0.1) is 23.7 Å². The van der Waals surface area contributed by atoms with Crippen LogP contribution in [0.1, 0.15) is 22.3 Å². The van der Waals surface area contributed by atoms with Crippen molar-refractivity contribution in [3.63, 3.8) is 0 Å². The van der Waals surface area contributed by atoms with Crippen molar-refractivity contribution in [2.75, 3.05) is 0 Å². The lowest BCUT2D eigenvalue weighted by molar-refractivity contribution is 0.471. The number of nitriles is 1. The summed E-state index contributed by atoms with van der Waals surface area (Å²) in [6.07, 6.45) is 5.12. The summed E-state index contributed by atoms with van der Waals surface area (Å²) in [4.78, 5) is 4.17. The number of phenolic OH excluding ortho intramolecular Hbond substituents is 2. The number of hydrogen-bond donors (Lipinski definition) is 2. The van der Waals surface area contributed by atoms with E-state index in [0.717, 1.165) is 11.3 Å². The van der Waals surface area contributed by atoms with E-state index >= 15 is 0 Å². The molecular weight excluding hydrogens is 442 g/mol. The molecule has 0 saturated carbocycles. The summed E-state index contributed by atoms with van der Waals surface area (Å²) in [5.74, 6) is 0.189. The fraction of sp³-hybridized carbons (Fsp3) is 0. The molecule has 0 saturated heterocycles. The zero-order valence-electron chi connectivity index (χ0n) is 15.8. The van der Waals surface area contributed by atoms with Crippen molar-refractivity contribution in [2.24, 2.45) is 0 Å². The van der Waals surface area contributed by atoms with Crippen LogP contribution in [0.3, 0.4) is 0 Å². The molecule has 148 valence electrons. The maximum Gasteiger partial charge on any atom is 0.123 e. The first kappa shape index (κ1) is 20.9. The van der Waals surface area contributed by atoms with Crippen molar-refractivity contribution in [2.45, 2.75) is 0 Å². The second-order valence-electron chi connectivity index (χ2n) is 6.42. The Labute approximate surface area is 184 Å². The minimum Gasteiger partial charge on any atom is -0.507 e. The summed E-state index contributed by atoms with van der Waals surface area (Å²) in [6, 6.07) is 23.3. The molecule has 0 aliphatic heterocycles. The first-order valence-corrected chi connectivity index (χ1v) is 8.99. The second kappa shape index (κ2) is 9.12. The molecule has 1 heterocycles. The first-order chi connectivity index (χ1) is 14.2. The largest absolute Gasteiger partial charge is 0.507 e. The fourth-order valence-electron chi connectivity index (χ4n) is 3.29. The molecule has 0 amide bonds. The van der Waals surface area contributed by atoms with Crippen molar-refractivity contribution < 1.29 is 10.2 Å². The van der Waals surface area contributed by atoms with Gasteiger partial charge in [-0.2, -0.15) is 5.26 Å². The Morgan fingerprint density at radius 2 is 1.40 bits per heavy atom. The third kappa shape index (κ3) is 3.97. The molecule has 0 spiro atoms. The van der Waals surface area contributed by atoms with E-state index in [1.807, 2.05) is 28.8 Å². The molecule has 0 bridgehead atoms. The lowest BCUT2D eigenvalue weighted by Crippen LogP contribution is -2.03. The lowest BCUT2D eigenvalue weighted by atomic mass is 9.91. The molecular formula is C24H18BrN3O2. The van der Waals surface area contributed by atoms with Crippen LogP contribution < -0.4 is 0 Å². The van der Waals surface area contributed by atoms with Crippen LogP contribution >= 0.6 is 17.0 Å². The van der Waals surface area contributed by atoms with E-state index in [4.69, 9.17) is 5.26 Å². The highest BCUT2D eigenvalue weighted by atomic mass is 79.9. The average molecular weight is 460 g/mol. The van der Waals surface area contributed by atoms with E-state index in [1.54, 1.807) is 67.3 Å². The Kier molecular flexibility index (Phi) is 6.35. The van der Waals surface area contributed by atoms with Gasteiger partial charge >= 0.3 is 0 Å². The molecule has 0 unspecified atom stereocenters.